The number of hydrogen-bond acceptors (Lipinski definition) is 18. The molecule has 0 aliphatic carbocycles. The lowest BCUT2D eigenvalue weighted by molar-refractivity contribution is -0.438. The lowest BCUT2D eigenvalue weighted by Crippen LogP contribution is -2.34. The minimum Gasteiger partial charge on any atom is -0.369 e. The van der Waals surface area contributed by atoms with E-state index < -0.39 is 82.0 Å². The highest BCUT2D eigenvalue weighted by molar-refractivity contribution is 8.76. The van der Waals surface area contributed by atoms with Crippen LogP contribution < -0.4 is 26.8 Å². The zero-order valence-electron chi connectivity index (χ0n) is 46.6. The van der Waals surface area contributed by atoms with Crippen LogP contribution in [0.2, 0.25) is 0 Å². The van der Waals surface area contributed by atoms with Crippen molar-refractivity contribution in [2.24, 2.45) is 5.11 Å². The summed E-state index contributed by atoms with van der Waals surface area (Å²) < 4.78 is 95.3. The van der Waals surface area contributed by atoms with E-state index in [-0.39, 0.29) is 47.1 Å². The van der Waals surface area contributed by atoms with E-state index in [2.05, 4.69) is 117 Å². The van der Waals surface area contributed by atoms with Crippen molar-refractivity contribution < 1.29 is 83.0 Å². The first-order chi connectivity index (χ1) is 39.4. The number of nitrogens with one attached hydrogen (secondary N) is 3. The third-order valence-corrected chi connectivity index (χ3v) is 20.7. The van der Waals surface area contributed by atoms with Crippen molar-refractivity contribution >= 4 is 84.1 Å². The Morgan fingerprint density at radius 1 is 0.976 bits per heavy atom. The summed E-state index contributed by atoms with van der Waals surface area (Å²) in [6, 6.07) is 11.3. The number of benzene rings is 2. The van der Waals surface area contributed by atoms with Crippen molar-refractivity contribution in [1.29, 1.82) is 0 Å². The number of ether oxygens (including phenoxy) is 2. The molecule has 2 amide bonds. The van der Waals surface area contributed by atoms with E-state index >= 15 is 0 Å². The van der Waals surface area contributed by atoms with E-state index in [9.17, 15) is 55.6 Å². The highest BCUT2D eigenvalue weighted by Crippen LogP contribution is 2.66. The van der Waals surface area contributed by atoms with Gasteiger partial charge in [-0.3, -0.25) is 33.0 Å². The summed E-state index contributed by atoms with van der Waals surface area (Å²) in [5, 5.41) is 8.80. The summed E-state index contributed by atoms with van der Waals surface area (Å²) in [5.74, 6) is 5.89. The smallest absolute Gasteiger partial charge is 0.369 e. The number of fused-ring (bicyclic) bond motifs is 2. The number of rotatable bonds is 29. The Kier molecular flexibility index (Phi) is 23.5. The van der Waals surface area contributed by atoms with Gasteiger partial charge in [-0.25, -0.2) is 18.5 Å². The van der Waals surface area contributed by atoms with E-state index in [1.165, 1.54) is 38.8 Å². The molecule has 1 aromatic heterocycles. The van der Waals surface area contributed by atoms with E-state index in [0.717, 1.165) is 58.5 Å². The number of aromatic nitrogens is 2. The van der Waals surface area contributed by atoms with Gasteiger partial charge in [0, 0.05) is 95.9 Å². The molecule has 5 unspecified atom stereocenters. The van der Waals surface area contributed by atoms with Gasteiger partial charge in [0.05, 0.1) is 29.6 Å². The molecule has 84 heavy (non-hydrogen) atoms. The van der Waals surface area contributed by atoms with Crippen molar-refractivity contribution in [2.45, 2.75) is 114 Å². The van der Waals surface area contributed by atoms with Gasteiger partial charge in [0.1, 0.15) is 31.2 Å². The standard InChI is InChI=1S/C50H66N9O19P3S3/c1-7-57-38-20-18-35(84(71,72)73)28-37(38)50(5,6)42(57)14-11-15-43-49(3,4)36-27-33(2)17-19-39(36)58(43)24-10-8-9-16-44(60)53-23-26-83-82-25-21-45(61)52-22-12-13-34-30-59(48(63)55-47(34)62)46-29-40(74-32-54-56-51)41(76-46)31-75-80(67,68)78-81(69,70)77-79(64,65)66/h11,14-15,17-20,27-28,30,40-41,46H,7-10,16,21-26,29,31-32H2,1-6H3,(H7-,52,53,55,60,61,62,63,64,65,66,67,68,69,70,71,72,73)/p+1. The van der Waals surface area contributed by atoms with Crippen molar-refractivity contribution in [3.8, 4) is 11.8 Å². The third kappa shape index (κ3) is 18.4. The molecule has 3 aromatic rings. The molecule has 3 aliphatic heterocycles. The topological polar surface area (TPSA) is 401 Å². The molecule has 0 bridgehead atoms. The molecular formula is C50H67N9O19P3S3+. The van der Waals surface area contributed by atoms with Crippen LogP contribution in [-0.4, -0.2) is 127 Å². The Labute approximate surface area is 492 Å². The summed E-state index contributed by atoms with van der Waals surface area (Å²) in [4.78, 5) is 94.2. The zero-order valence-corrected chi connectivity index (χ0v) is 51.7. The minimum atomic E-state index is -5.83. The summed E-state index contributed by atoms with van der Waals surface area (Å²) >= 11 is 0. The van der Waals surface area contributed by atoms with Gasteiger partial charge in [-0.2, -0.15) is 21.6 Å². The molecule has 34 heteroatoms. The summed E-state index contributed by atoms with van der Waals surface area (Å²) in [7, 11) is -18.5. The lowest BCUT2D eigenvalue weighted by Gasteiger charge is -2.25. The van der Waals surface area contributed by atoms with Crippen molar-refractivity contribution in [3.05, 3.63) is 120 Å². The number of allylic oxidation sites excluding steroid dienone is 4. The first-order valence-corrected chi connectivity index (χ1v) is 34.5. The molecule has 1 fully saturated rings. The molecule has 6 rings (SSSR count). The van der Waals surface area contributed by atoms with Gasteiger partial charge in [-0.1, -0.05) is 70.1 Å². The first-order valence-electron chi connectivity index (χ1n) is 26.1. The molecule has 0 saturated carbocycles. The number of aromatic amines is 1. The van der Waals surface area contributed by atoms with Crippen LogP contribution in [0, 0.1) is 18.8 Å². The number of phosphoric acid groups is 3. The Hall–Kier alpha value is -5.18. The van der Waals surface area contributed by atoms with Crippen LogP contribution in [0.5, 0.6) is 0 Å². The number of azide groups is 1. The number of aryl methyl sites for hydroxylation is 1. The van der Waals surface area contributed by atoms with Gasteiger partial charge in [-0.15, -0.1) is 0 Å². The van der Waals surface area contributed by atoms with Gasteiger partial charge < -0.3 is 44.6 Å². The largest absolute Gasteiger partial charge is 0.490 e. The van der Waals surface area contributed by atoms with E-state index in [0.29, 0.717) is 37.4 Å². The second-order valence-corrected chi connectivity index (χ2v) is 28.8. The van der Waals surface area contributed by atoms with E-state index in [4.69, 9.17) is 24.8 Å². The number of nitrogens with zero attached hydrogens (tertiary/aromatic N) is 6. The number of anilines is 1. The molecule has 4 heterocycles. The fourth-order valence-corrected chi connectivity index (χ4v) is 15.1. The van der Waals surface area contributed by atoms with Crippen LogP contribution in [0.25, 0.3) is 10.4 Å². The Morgan fingerprint density at radius 3 is 2.40 bits per heavy atom. The van der Waals surface area contributed by atoms with Crippen molar-refractivity contribution in [3.63, 3.8) is 0 Å². The van der Waals surface area contributed by atoms with Crippen LogP contribution in [-0.2, 0) is 66.9 Å². The Bertz CT molecular complexity index is 3570. The maximum Gasteiger partial charge on any atom is 0.490 e. The summed E-state index contributed by atoms with van der Waals surface area (Å²) in [6.45, 7) is 12.8. The molecule has 3 aliphatic rings. The van der Waals surface area contributed by atoms with Crippen molar-refractivity contribution in [2.75, 3.05) is 55.9 Å². The number of hydrogen-bond donors (Lipinski definition) is 8. The predicted octanol–water partition coefficient (Wildman–Crippen LogP) is 6.63. The maximum absolute atomic E-state index is 12.8. The fourth-order valence-electron chi connectivity index (χ4n) is 9.70. The molecule has 1 saturated heterocycles. The average molecular weight is 1290 g/mol. The molecular weight excluding hydrogens is 1220 g/mol. The van der Waals surface area contributed by atoms with Gasteiger partial charge in [-0.05, 0) is 82.0 Å². The SMILES string of the molecule is CCN1/C(=C/C=C/C2=[N+](CCCCCC(=O)NCCSSCCC(=O)NCC#Cc3cn(C4CC(OCN=[N+]=[N-])C(COP(=O)(O)OP(=O)(O)OP(=O)(O)O)O4)c(=O)[nH]c3=O)c3ccc(C)cc3C2(C)C)C(C)(C)c2cc(S(=O)(=O)O)ccc21. The molecule has 8 N–H and O–H groups in total. The lowest BCUT2D eigenvalue weighted by atomic mass is 9.80. The summed E-state index contributed by atoms with van der Waals surface area (Å²) in [5.41, 5.74) is 13.2. The highest BCUT2D eigenvalue weighted by atomic mass is 33.1. The molecule has 458 valence electrons. The number of phosphoric ester groups is 1. The Morgan fingerprint density at radius 2 is 1.70 bits per heavy atom. The Balaban J connectivity index is 0.909. The number of amides is 2. The number of carbonyl (C=O) groups is 2. The normalized spacial score (nSPS) is 20.0. The van der Waals surface area contributed by atoms with Gasteiger partial charge in [0.25, 0.3) is 15.7 Å². The van der Waals surface area contributed by atoms with Crippen LogP contribution >= 0.6 is 45.1 Å². The maximum atomic E-state index is 12.8. The zero-order chi connectivity index (χ0) is 61.8. The van der Waals surface area contributed by atoms with Crippen LogP contribution in [0.4, 0.5) is 11.4 Å². The van der Waals surface area contributed by atoms with E-state index in [1.807, 2.05) is 20.8 Å². The predicted molar refractivity (Wildman–Crippen MR) is 313 cm³/mol. The average Bonchev–Trinajstić information content (AvgIpc) is 2.03. The number of carbonyl (C=O) groups excluding carboxylic acids is 2. The molecule has 28 nitrogen and oxygen atoms in total. The second-order valence-electron chi connectivity index (χ2n) is 20.3. The second kappa shape index (κ2) is 29.0. The molecule has 0 radical (unpaired) electrons. The van der Waals surface area contributed by atoms with E-state index in [1.54, 1.807) is 12.1 Å². The number of unbranched alkanes of at least 4 members (excludes halogenated alkanes) is 2. The fraction of sp³-hybridized carbons (Fsp3) is 0.500. The molecule has 2 aromatic carbocycles. The van der Waals surface area contributed by atoms with Gasteiger partial charge >= 0.3 is 29.2 Å². The molecule has 5 atom stereocenters. The van der Waals surface area contributed by atoms with Crippen LogP contribution in [0.15, 0.2) is 86.1 Å². The number of likely N-dealkylation sites (N-methyl/N-ethyl adjacent to an activating group) is 1. The van der Waals surface area contributed by atoms with Crippen LogP contribution in [0.3, 0.4) is 0 Å². The monoisotopic (exact) mass is 1290 g/mol. The van der Waals surface area contributed by atoms with Crippen LogP contribution in [0.1, 0.15) is 102 Å². The number of H-pyrrole nitrogens is 1. The van der Waals surface area contributed by atoms with Crippen molar-refractivity contribution in [1.82, 2.24) is 20.2 Å². The first kappa shape index (κ1) is 67.9. The van der Waals surface area contributed by atoms with Gasteiger partial charge in [0.15, 0.2) is 5.71 Å². The quantitative estimate of drug-likeness (QED) is 0.00416. The third-order valence-electron chi connectivity index (χ3n) is 13.6. The minimum absolute atomic E-state index is 0.0446. The highest BCUT2D eigenvalue weighted by Gasteiger charge is 2.46. The summed E-state index contributed by atoms with van der Waals surface area (Å²) in [6.07, 6.45) is 6.25. The van der Waals surface area contributed by atoms with Gasteiger partial charge in [0.2, 0.25) is 17.5 Å². The molecule has 0 spiro atoms.